The summed E-state index contributed by atoms with van der Waals surface area (Å²) in [6.07, 6.45) is 4.73. The van der Waals surface area contributed by atoms with E-state index in [4.69, 9.17) is 18.9 Å². The van der Waals surface area contributed by atoms with Crippen LogP contribution in [0.25, 0.3) is 0 Å². The van der Waals surface area contributed by atoms with Gasteiger partial charge in [-0.05, 0) is 74.9 Å². The van der Waals surface area contributed by atoms with Crippen LogP contribution >= 0.6 is 0 Å². The van der Waals surface area contributed by atoms with Crippen molar-refractivity contribution in [2.45, 2.75) is 49.9 Å². The molecule has 0 aromatic heterocycles. The van der Waals surface area contributed by atoms with Crippen LogP contribution in [0.3, 0.4) is 0 Å². The number of likely N-dealkylation sites (tertiary alicyclic amines) is 1. The highest BCUT2D eigenvalue weighted by Crippen LogP contribution is 2.39. The van der Waals surface area contributed by atoms with Crippen LogP contribution in [0.1, 0.15) is 48.0 Å². The number of carbonyl (C=O) groups is 2. The Morgan fingerprint density at radius 2 is 1.72 bits per heavy atom. The van der Waals surface area contributed by atoms with E-state index < -0.39 is 5.41 Å². The SMILES string of the molecule is O=C(c1cccc(OCCCCC2OCCO2)c1)N1CC(C(=O)O[C@H]2CN3CCC2CC3)(c2ccccc2)C1. The maximum absolute atomic E-state index is 13.7. The van der Waals surface area contributed by atoms with Crippen molar-refractivity contribution in [2.24, 2.45) is 5.92 Å². The Morgan fingerprint density at radius 3 is 2.44 bits per heavy atom. The lowest BCUT2D eigenvalue weighted by atomic mass is 9.73. The summed E-state index contributed by atoms with van der Waals surface area (Å²) in [5.41, 5.74) is 0.641. The molecule has 0 radical (unpaired) electrons. The van der Waals surface area contributed by atoms with Crippen molar-refractivity contribution in [3.63, 3.8) is 0 Å². The van der Waals surface area contributed by atoms with E-state index >= 15 is 0 Å². The van der Waals surface area contributed by atoms with Crippen LogP contribution in [-0.4, -0.2) is 86.6 Å². The van der Waals surface area contributed by atoms with Gasteiger partial charge < -0.3 is 23.8 Å². The van der Waals surface area contributed by atoms with Crippen LogP contribution in [0.4, 0.5) is 0 Å². The van der Waals surface area contributed by atoms with Crippen molar-refractivity contribution < 1.29 is 28.5 Å². The van der Waals surface area contributed by atoms with Crippen LogP contribution < -0.4 is 4.74 Å². The lowest BCUT2D eigenvalue weighted by Crippen LogP contribution is -2.66. The largest absolute Gasteiger partial charge is 0.494 e. The van der Waals surface area contributed by atoms with Crippen LogP contribution in [0.2, 0.25) is 0 Å². The van der Waals surface area contributed by atoms with Crippen molar-refractivity contribution in [1.82, 2.24) is 9.80 Å². The van der Waals surface area contributed by atoms with Crippen molar-refractivity contribution in [3.05, 3.63) is 65.7 Å². The minimum atomic E-state index is -0.830. The topological polar surface area (TPSA) is 77.5 Å². The molecule has 5 heterocycles. The number of piperidine rings is 3. The smallest absolute Gasteiger partial charge is 0.320 e. The first-order chi connectivity index (χ1) is 19.1. The van der Waals surface area contributed by atoms with Gasteiger partial charge in [0, 0.05) is 25.2 Å². The van der Waals surface area contributed by atoms with Gasteiger partial charge in [0.25, 0.3) is 5.91 Å². The second-order valence-electron chi connectivity index (χ2n) is 11.2. The van der Waals surface area contributed by atoms with E-state index in [1.807, 2.05) is 42.5 Å². The van der Waals surface area contributed by atoms with Gasteiger partial charge in [-0.2, -0.15) is 0 Å². The first kappa shape index (κ1) is 26.3. The predicted octanol–water partition coefficient (Wildman–Crippen LogP) is 3.64. The number of carbonyl (C=O) groups excluding carboxylic acids is 2. The van der Waals surface area contributed by atoms with E-state index in [1.54, 1.807) is 17.0 Å². The van der Waals surface area contributed by atoms with E-state index in [0.29, 0.717) is 50.1 Å². The molecule has 0 saturated carbocycles. The summed E-state index contributed by atoms with van der Waals surface area (Å²) in [5.74, 6) is 0.808. The molecule has 2 bridgehead atoms. The van der Waals surface area contributed by atoms with Gasteiger partial charge in [0.05, 0.1) is 19.8 Å². The average molecular weight is 535 g/mol. The van der Waals surface area contributed by atoms with Crippen molar-refractivity contribution in [3.8, 4) is 5.75 Å². The maximum Gasteiger partial charge on any atom is 0.320 e. The molecule has 5 fully saturated rings. The number of amides is 1. The quantitative estimate of drug-likeness (QED) is 0.340. The lowest BCUT2D eigenvalue weighted by molar-refractivity contribution is -0.171. The summed E-state index contributed by atoms with van der Waals surface area (Å²) in [7, 11) is 0. The number of esters is 1. The first-order valence-corrected chi connectivity index (χ1v) is 14.3. The molecule has 1 amide bonds. The zero-order valence-electron chi connectivity index (χ0n) is 22.5. The number of rotatable bonds is 10. The van der Waals surface area contributed by atoms with Gasteiger partial charge in [-0.3, -0.25) is 14.5 Å². The molecule has 0 spiro atoms. The van der Waals surface area contributed by atoms with Gasteiger partial charge >= 0.3 is 5.97 Å². The van der Waals surface area contributed by atoms with Crippen LogP contribution in [-0.2, 0) is 24.4 Å². The lowest BCUT2D eigenvalue weighted by Gasteiger charge is -2.50. The zero-order chi connectivity index (χ0) is 26.7. The molecule has 2 aromatic carbocycles. The second-order valence-corrected chi connectivity index (χ2v) is 11.2. The van der Waals surface area contributed by atoms with Gasteiger partial charge in [-0.15, -0.1) is 0 Å². The predicted molar refractivity (Wildman–Crippen MR) is 145 cm³/mol. The molecule has 5 saturated heterocycles. The van der Waals surface area contributed by atoms with E-state index in [1.165, 1.54) is 0 Å². The van der Waals surface area contributed by atoms with Gasteiger partial charge in [-0.25, -0.2) is 0 Å². The Labute approximate surface area is 230 Å². The molecule has 1 atom stereocenters. The number of nitrogens with zero attached hydrogens (tertiary/aromatic N) is 2. The average Bonchev–Trinajstić information content (AvgIpc) is 3.47. The summed E-state index contributed by atoms with van der Waals surface area (Å²) in [5, 5.41) is 0. The standard InChI is InChI=1S/C31H38N2O6/c34-29(24-7-6-10-26(19-24)36-16-5-4-11-28-37-17-18-38-28)33-21-31(22-33,25-8-2-1-3-9-25)30(35)39-27-20-32-14-12-23(27)13-15-32/h1-3,6-10,19,23,27-28H,4-5,11-18,20-22H2/t27-/m0/s1. The van der Waals surface area contributed by atoms with Gasteiger partial charge in [0.15, 0.2) is 6.29 Å². The van der Waals surface area contributed by atoms with Gasteiger partial charge in [0.1, 0.15) is 17.3 Å². The number of hydrogen-bond donors (Lipinski definition) is 0. The number of hydrogen-bond acceptors (Lipinski definition) is 7. The highest BCUT2D eigenvalue weighted by atomic mass is 16.7. The Morgan fingerprint density at radius 1 is 0.949 bits per heavy atom. The van der Waals surface area contributed by atoms with Gasteiger partial charge in [-0.1, -0.05) is 36.4 Å². The van der Waals surface area contributed by atoms with Crippen molar-refractivity contribution in [2.75, 3.05) is 52.5 Å². The molecule has 0 aliphatic carbocycles. The summed E-state index contributed by atoms with van der Waals surface area (Å²) in [6, 6.07) is 17.1. The first-order valence-electron chi connectivity index (χ1n) is 14.3. The third-order valence-electron chi connectivity index (χ3n) is 8.66. The Balaban J connectivity index is 1.06. The molecule has 7 rings (SSSR count). The Kier molecular flexibility index (Phi) is 7.86. The van der Waals surface area contributed by atoms with Gasteiger partial charge in [0.2, 0.25) is 0 Å². The maximum atomic E-state index is 13.7. The summed E-state index contributed by atoms with van der Waals surface area (Å²) >= 11 is 0. The highest BCUT2D eigenvalue weighted by Gasteiger charge is 2.54. The Bertz CT molecular complexity index is 1140. The molecular formula is C31H38N2O6. The molecule has 8 heteroatoms. The van der Waals surface area contributed by atoms with Crippen LogP contribution in [0, 0.1) is 5.92 Å². The molecule has 0 N–H and O–H groups in total. The Hall–Kier alpha value is -2.94. The number of benzene rings is 2. The van der Waals surface area contributed by atoms with Crippen LogP contribution in [0.15, 0.2) is 54.6 Å². The molecule has 39 heavy (non-hydrogen) atoms. The fourth-order valence-electron chi connectivity index (χ4n) is 6.31. The normalized spacial score (nSPS) is 25.7. The number of fused-ring (bicyclic) bond motifs is 3. The highest BCUT2D eigenvalue weighted by molar-refractivity contribution is 5.98. The second kappa shape index (κ2) is 11.7. The molecule has 0 unspecified atom stereocenters. The molecule has 8 nitrogen and oxygen atoms in total. The molecule has 5 aliphatic rings. The number of ether oxygens (including phenoxy) is 4. The fraction of sp³-hybridized carbons (Fsp3) is 0.548. The van der Waals surface area contributed by atoms with E-state index in [2.05, 4.69) is 4.90 Å². The summed E-state index contributed by atoms with van der Waals surface area (Å²) < 4.78 is 23.0. The fourth-order valence-corrected chi connectivity index (χ4v) is 6.31. The minimum absolute atomic E-state index is 0.0580. The third kappa shape index (κ3) is 5.69. The number of unbranched alkanes of at least 4 members (excludes halogenated alkanes) is 1. The summed E-state index contributed by atoms with van der Waals surface area (Å²) in [4.78, 5) is 31.2. The van der Waals surface area contributed by atoms with Crippen molar-refractivity contribution in [1.29, 1.82) is 0 Å². The molecule has 5 aliphatic heterocycles. The van der Waals surface area contributed by atoms with Crippen LogP contribution in [0.5, 0.6) is 5.75 Å². The summed E-state index contributed by atoms with van der Waals surface area (Å²) in [6.45, 7) is 5.54. The molecular weight excluding hydrogens is 496 g/mol. The molecule has 208 valence electrons. The molecule has 2 aromatic rings. The van der Waals surface area contributed by atoms with E-state index in [-0.39, 0.29) is 24.3 Å². The van der Waals surface area contributed by atoms with E-state index in [9.17, 15) is 9.59 Å². The van der Waals surface area contributed by atoms with Crippen molar-refractivity contribution >= 4 is 11.9 Å². The van der Waals surface area contributed by atoms with E-state index in [0.717, 1.165) is 57.3 Å². The zero-order valence-corrected chi connectivity index (χ0v) is 22.5. The monoisotopic (exact) mass is 534 g/mol. The third-order valence-corrected chi connectivity index (χ3v) is 8.66. The minimum Gasteiger partial charge on any atom is -0.494 e.